The predicted molar refractivity (Wildman–Crippen MR) is 122 cm³/mol. The molecule has 0 radical (unpaired) electrons. The van der Waals surface area contributed by atoms with Crippen molar-refractivity contribution >= 4 is 40.2 Å². The molecule has 3 aromatic rings. The van der Waals surface area contributed by atoms with Gasteiger partial charge in [0.15, 0.2) is 5.76 Å². The lowest BCUT2D eigenvalue weighted by Crippen LogP contribution is -2.48. The fourth-order valence-electron chi connectivity index (χ4n) is 3.48. The third kappa shape index (κ3) is 4.17. The number of nitro benzene ring substituents is 1. The summed E-state index contributed by atoms with van der Waals surface area (Å²) in [5.41, 5.74) is 2.86. The van der Waals surface area contributed by atoms with Gasteiger partial charge in [-0.2, -0.15) is 0 Å². The third-order valence-corrected chi connectivity index (χ3v) is 6.11. The number of halogens is 1. The van der Waals surface area contributed by atoms with Crippen LogP contribution < -0.4 is 4.90 Å². The number of aryl methyl sites for hydroxylation is 1. The zero-order valence-corrected chi connectivity index (χ0v) is 17.9. The van der Waals surface area contributed by atoms with Crippen molar-refractivity contribution in [1.82, 2.24) is 4.90 Å². The van der Waals surface area contributed by atoms with Crippen LogP contribution in [0.1, 0.15) is 11.3 Å². The minimum absolute atomic E-state index is 0.0281. The summed E-state index contributed by atoms with van der Waals surface area (Å²) in [4.78, 5) is 15.6. The number of thiocarbonyl (C=S) groups is 1. The summed E-state index contributed by atoms with van der Waals surface area (Å²) in [5, 5.41) is 11.8. The normalized spacial score (nSPS) is 14.1. The Morgan fingerprint density at radius 1 is 1.10 bits per heavy atom. The monoisotopic (exact) mass is 441 g/mol. The first-order valence-electron chi connectivity index (χ1n) is 9.57. The fourth-order valence-corrected chi connectivity index (χ4v) is 3.95. The van der Waals surface area contributed by atoms with Gasteiger partial charge in [-0.25, -0.2) is 0 Å². The maximum atomic E-state index is 11.0. The highest BCUT2D eigenvalue weighted by Crippen LogP contribution is 2.28. The van der Waals surface area contributed by atoms with Gasteiger partial charge in [-0.3, -0.25) is 10.1 Å². The van der Waals surface area contributed by atoms with Crippen LogP contribution in [0.4, 0.5) is 11.4 Å². The van der Waals surface area contributed by atoms with Crippen molar-refractivity contribution in [2.24, 2.45) is 0 Å². The number of benzene rings is 2. The van der Waals surface area contributed by atoms with Gasteiger partial charge >= 0.3 is 0 Å². The van der Waals surface area contributed by atoms with Crippen molar-refractivity contribution in [2.75, 3.05) is 31.1 Å². The predicted octanol–water partition coefficient (Wildman–Crippen LogP) is 5.31. The Morgan fingerprint density at radius 2 is 1.87 bits per heavy atom. The molecule has 0 aliphatic carbocycles. The van der Waals surface area contributed by atoms with E-state index in [0.29, 0.717) is 22.1 Å². The molecule has 1 fully saturated rings. The minimum atomic E-state index is -0.418. The Kier molecular flexibility index (Phi) is 5.74. The molecule has 8 heteroatoms. The average molecular weight is 442 g/mol. The molecule has 2 heterocycles. The number of nitro groups is 1. The van der Waals surface area contributed by atoms with E-state index in [1.165, 1.54) is 12.1 Å². The summed E-state index contributed by atoms with van der Waals surface area (Å²) in [5.74, 6) is 1.15. The first-order chi connectivity index (χ1) is 14.4. The van der Waals surface area contributed by atoms with Gasteiger partial charge in [0.05, 0.1) is 4.92 Å². The second-order valence-corrected chi connectivity index (χ2v) is 7.98. The number of nitrogens with zero attached hydrogens (tertiary/aromatic N) is 3. The van der Waals surface area contributed by atoms with Gasteiger partial charge in [0.25, 0.3) is 5.69 Å². The van der Waals surface area contributed by atoms with E-state index < -0.39 is 4.92 Å². The van der Waals surface area contributed by atoms with E-state index in [0.717, 1.165) is 42.5 Å². The third-order valence-electron chi connectivity index (χ3n) is 5.25. The molecule has 0 saturated carbocycles. The van der Waals surface area contributed by atoms with Gasteiger partial charge in [-0.05, 0) is 36.8 Å². The standard InChI is InChI=1S/C22H20ClN3O3S/c1-15-5-6-17(14-19(15)23)24-9-11-25(12-10-24)22(30)21-8-7-20(29-21)16-3-2-4-18(13-16)26(27)28/h2-8,13-14H,9-12H2,1H3. The molecular formula is C22H20ClN3O3S. The van der Waals surface area contributed by atoms with Crippen LogP contribution >= 0.6 is 23.8 Å². The molecule has 1 saturated heterocycles. The number of anilines is 1. The Hall–Kier alpha value is -2.90. The number of hydrogen-bond acceptors (Lipinski definition) is 5. The van der Waals surface area contributed by atoms with E-state index in [9.17, 15) is 10.1 Å². The molecule has 30 heavy (non-hydrogen) atoms. The van der Waals surface area contributed by atoms with Gasteiger partial charge in [-0.15, -0.1) is 0 Å². The maximum Gasteiger partial charge on any atom is 0.270 e. The molecular weight excluding hydrogens is 422 g/mol. The van der Waals surface area contributed by atoms with Gasteiger partial charge in [0.1, 0.15) is 10.7 Å². The van der Waals surface area contributed by atoms with Crippen LogP contribution in [0.2, 0.25) is 5.02 Å². The molecule has 6 nitrogen and oxygen atoms in total. The van der Waals surface area contributed by atoms with Gasteiger partial charge in [0.2, 0.25) is 0 Å². The van der Waals surface area contributed by atoms with Crippen molar-refractivity contribution in [2.45, 2.75) is 6.92 Å². The number of rotatable bonds is 4. The van der Waals surface area contributed by atoms with Crippen LogP contribution in [0.25, 0.3) is 11.3 Å². The number of non-ortho nitro benzene ring substituents is 1. The van der Waals surface area contributed by atoms with Crippen molar-refractivity contribution in [3.8, 4) is 11.3 Å². The summed E-state index contributed by atoms with van der Waals surface area (Å²) >= 11 is 11.9. The summed E-state index contributed by atoms with van der Waals surface area (Å²) < 4.78 is 5.92. The summed E-state index contributed by atoms with van der Waals surface area (Å²) in [6, 6.07) is 16.1. The molecule has 0 N–H and O–H groups in total. The molecule has 0 amide bonds. The van der Waals surface area contributed by atoms with E-state index in [4.69, 9.17) is 28.2 Å². The second kappa shape index (κ2) is 8.45. The lowest BCUT2D eigenvalue weighted by molar-refractivity contribution is -0.384. The summed E-state index contributed by atoms with van der Waals surface area (Å²) in [6.07, 6.45) is 0. The molecule has 1 aliphatic rings. The van der Waals surface area contributed by atoms with Crippen LogP contribution in [0, 0.1) is 17.0 Å². The van der Waals surface area contributed by atoms with E-state index in [-0.39, 0.29) is 5.69 Å². The smallest absolute Gasteiger partial charge is 0.270 e. The van der Waals surface area contributed by atoms with E-state index >= 15 is 0 Å². The minimum Gasteiger partial charge on any atom is -0.454 e. The van der Waals surface area contributed by atoms with Crippen LogP contribution in [0.15, 0.2) is 59.0 Å². The van der Waals surface area contributed by atoms with Crippen molar-refractivity contribution in [3.05, 3.63) is 81.1 Å². The van der Waals surface area contributed by atoms with Crippen LogP contribution in [-0.4, -0.2) is 41.0 Å². The van der Waals surface area contributed by atoms with Crippen molar-refractivity contribution in [3.63, 3.8) is 0 Å². The highest BCUT2D eigenvalue weighted by molar-refractivity contribution is 7.80. The zero-order valence-electron chi connectivity index (χ0n) is 16.4. The van der Waals surface area contributed by atoms with Gasteiger partial charge in [-0.1, -0.05) is 42.0 Å². The first-order valence-corrected chi connectivity index (χ1v) is 10.4. The molecule has 1 aromatic heterocycles. The van der Waals surface area contributed by atoms with Gasteiger partial charge < -0.3 is 14.2 Å². The van der Waals surface area contributed by atoms with E-state index in [1.807, 2.05) is 25.1 Å². The summed E-state index contributed by atoms with van der Waals surface area (Å²) in [6.45, 7) is 5.21. The zero-order chi connectivity index (χ0) is 21.3. The Bertz CT molecular complexity index is 1110. The lowest BCUT2D eigenvalue weighted by atomic mass is 10.1. The van der Waals surface area contributed by atoms with Gasteiger partial charge in [0, 0.05) is 54.6 Å². The first kappa shape index (κ1) is 20.4. The van der Waals surface area contributed by atoms with Crippen LogP contribution in [0.3, 0.4) is 0 Å². The molecule has 154 valence electrons. The van der Waals surface area contributed by atoms with E-state index in [2.05, 4.69) is 15.9 Å². The van der Waals surface area contributed by atoms with Crippen molar-refractivity contribution in [1.29, 1.82) is 0 Å². The second-order valence-electron chi connectivity index (χ2n) is 7.18. The SMILES string of the molecule is Cc1ccc(N2CCN(C(=S)c3ccc(-c4cccc([N+](=O)[O-])c4)o3)CC2)cc1Cl. The molecule has 0 atom stereocenters. The average Bonchev–Trinajstić information content (AvgIpc) is 3.26. The van der Waals surface area contributed by atoms with Crippen LogP contribution in [-0.2, 0) is 0 Å². The molecule has 4 rings (SSSR count). The number of piperazine rings is 1. The maximum absolute atomic E-state index is 11.0. The number of furan rings is 1. The summed E-state index contributed by atoms with van der Waals surface area (Å²) in [7, 11) is 0. The topological polar surface area (TPSA) is 62.8 Å². The molecule has 2 aromatic carbocycles. The molecule has 0 spiro atoms. The molecule has 1 aliphatic heterocycles. The highest BCUT2D eigenvalue weighted by atomic mass is 35.5. The Balaban J connectivity index is 1.43. The quantitative estimate of drug-likeness (QED) is 0.310. The Labute approximate surface area is 184 Å². The van der Waals surface area contributed by atoms with Crippen molar-refractivity contribution < 1.29 is 9.34 Å². The Morgan fingerprint density at radius 3 is 2.57 bits per heavy atom. The highest BCUT2D eigenvalue weighted by Gasteiger charge is 2.22. The largest absolute Gasteiger partial charge is 0.454 e. The van der Waals surface area contributed by atoms with E-state index in [1.54, 1.807) is 18.2 Å². The molecule has 0 bridgehead atoms. The lowest BCUT2D eigenvalue weighted by Gasteiger charge is -2.37. The fraction of sp³-hybridized carbons (Fsp3) is 0.227. The van der Waals surface area contributed by atoms with Crippen LogP contribution in [0.5, 0.6) is 0 Å². The number of hydrogen-bond donors (Lipinski definition) is 0. The molecule has 0 unspecified atom stereocenters.